The van der Waals surface area contributed by atoms with Crippen molar-refractivity contribution in [2.75, 3.05) is 19.8 Å². The summed E-state index contributed by atoms with van der Waals surface area (Å²) in [6.45, 7) is 5.40. The molecule has 0 fully saturated rings. The van der Waals surface area contributed by atoms with Crippen molar-refractivity contribution in [1.82, 2.24) is 0 Å². The molecule has 3 nitrogen and oxygen atoms in total. The summed E-state index contributed by atoms with van der Waals surface area (Å²) in [7, 11) is 0. The first-order chi connectivity index (χ1) is 10.8. The van der Waals surface area contributed by atoms with E-state index < -0.39 is 0 Å². The fourth-order valence-electron chi connectivity index (χ4n) is 2.57. The quantitative estimate of drug-likeness (QED) is 0.257. The van der Waals surface area contributed by atoms with Gasteiger partial charge in [0.2, 0.25) is 0 Å². The molecule has 0 aromatic carbocycles. The second-order valence-electron chi connectivity index (χ2n) is 6.20. The molecular weight excluding hydrogens is 276 g/mol. The van der Waals surface area contributed by atoms with Gasteiger partial charge in [-0.15, -0.1) is 0 Å². The molecule has 0 amide bonds. The molecule has 0 atom stereocenters. The second kappa shape index (κ2) is 18.5. The Kier molecular flexibility index (Phi) is 18.0. The highest BCUT2D eigenvalue weighted by atomic mass is 16.6. The first-order valence-electron chi connectivity index (χ1n) is 9.48. The highest BCUT2D eigenvalue weighted by Gasteiger charge is 1.95. The molecule has 0 saturated carbocycles. The zero-order valence-corrected chi connectivity index (χ0v) is 15.0. The van der Waals surface area contributed by atoms with Crippen LogP contribution >= 0.6 is 0 Å². The van der Waals surface area contributed by atoms with Crippen LogP contribution in [0.4, 0.5) is 0 Å². The van der Waals surface area contributed by atoms with E-state index in [2.05, 4.69) is 6.92 Å². The fraction of sp³-hybridized carbons (Fsp3) is 0.947. The Balaban J connectivity index is 2.95. The largest absolute Gasteiger partial charge is 0.463 e. The third-order valence-corrected chi connectivity index (χ3v) is 3.93. The molecule has 0 saturated heterocycles. The molecule has 0 spiro atoms. The Morgan fingerprint density at radius 1 is 0.636 bits per heavy atom. The zero-order chi connectivity index (χ0) is 16.3. The van der Waals surface area contributed by atoms with Gasteiger partial charge in [-0.1, -0.05) is 84.0 Å². The van der Waals surface area contributed by atoms with Crippen LogP contribution in [-0.4, -0.2) is 25.8 Å². The van der Waals surface area contributed by atoms with Crippen LogP contribution < -0.4 is 0 Å². The Hall–Kier alpha value is -0.570. The lowest BCUT2D eigenvalue weighted by Gasteiger charge is -2.05. The lowest BCUT2D eigenvalue weighted by atomic mass is 10.0. The van der Waals surface area contributed by atoms with Gasteiger partial charge in [-0.3, -0.25) is 4.79 Å². The molecule has 0 unspecified atom stereocenters. The van der Waals surface area contributed by atoms with E-state index in [9.17, 15) is 4.79 Å². The molecule has 0 heterocycles. The van der Waals surface area contributed by atoms with Crippen molar-refractivity contribution in [2.24, 2.45) is 0 Å². The van der Waals surface area contributed by atoms with Crippen molar-refractivity contribution in [3.63, 3.8) is 0 Å². The fourth-order valence-corrected chi connectivity index (χ4v) is 2.57. The highest BCUT2D eigenvalue weighted by molar-refractivity contribution is 5.65. The normalized spacial score (nSPS) is 10.8. The minimum Gasteiger partial charge on any atom is -0.463 e. The molecular formula is C19H38O3. The molecule has 0 bridgehead atoms. The van der Waals surface area contributed by atoms with Crippen LogP contribution in [-0.2, 0) is 14.3 Å². The van der Waals surface area contributed by atoms with Gasteiger partial charge in [0.15, 0.2) is 0 Å². The maximum Gasteiger partial charge on any atom is 0.302 e. The standard InChI is InChI=1S/C19H38O3/c1-3-4-5-6-7-8-9-10-11-12-13-14-15-16-21-17-18-22-19(2)20/h3-18H2,1-2H3. The number of hydrogen-bond donors (Lipinski definition) is 0. The summed E-state index contributed by atoms with van der Waals surface area (Å²) >= 11 is 0. The van der Waals surface area contributed by atoms with E-state index in [1.807, 2.05) is 0 Å². The maximum absolute atomic E-state index is 10.5. The monoisotopic (exact) mass is 314 g/mol. The first-order valence-corrected chi connectivity index (χ1v) is 9.48. The Labute approximate surface area is 138 Å². The van der Waals surface area contributed by atoms with E-state index in [4.69, 9.17) is 9.47 Å². The number of unbranched alkanes of at least 4 members (excludes halogenated alkanes) is 12. The molecule has 22 heavy (non-hydrogen) atoms. The van der Waals surface area contributed by atoms with Crippen molar-refractivity contribution < 1.29 is 14.3 Å². The van der Waals surface area contributed by atoms with Crippen LogP contribution in [0.25, 0.3) is 0 Å². The van der Waals surface area contributed by atoms with Gasteiger partial charge in [0, 0.05) is 13.5 Å². The molecule has 0 radical (unpaired) electrons. The van der Waals surface area contributed by atoms with E-state index in [-0.39, 0.29) is 5.97 Å². The summed E-state index contributed by atoms with van der Waals surface area (Å²) in [6.07, 6.45) is 17.8. The van der Waals surface area contributed by atoms with Gasteiger partial charge in [0.1, 0.15) is 6.61 Å². The molecule has 0 aromatic heterocycles. The Morgan fingerprint density at radius 2 is 1.09 bits per heavy atom. The van der Waals surface area contributed by atoms with Crippen LogP contribution in [0.2, 0.25) is 0 Å². The van der Waals surface area contributed by atoms with Gasteiger partial charge in [-0.2, -0.15) is 0 Å². The predicted octanol–water partition coefficient (Wildman–Crippen LogP) is 5.66. The van der Waals surface area contributed by atoms with E-state index in [1.54, 1.807) is 0 Å². The number of rotatable bonds is 17. The van der Waals surface area contributed by atoms with Crippen molar-refractivity contribution in [1.29, 1.82) is 0 Å². The minimum atomic E-state index is -0.232. The summed E-state index contributed by atoms with van der Waals surface area (Å²) < 4.78 is 10.2. The van der Waals surface area contributed by atoms with E-state index in [0.29, 0.717) is 13.2 Å². The van der Waals surface area contributed by atoms with Gasteiger partial charge in [0.05, 0.1) is 6.61 Å². The van der Waals surface area contributed by atoms with Crippen molar-refractivity contribution in [3.05, 3.63) is 0 Å². The molecule has 0 aliphatic carbocycles. The summed E-state index contributed by atoms with van der Waals surface area (Å²) in [6, 6.07) is 0. The van der Waals surface area contributed by atoms with E-state index in [0.717, 1.165) is 13.0 Å². The summed E-state index contributed by atoms with van der Waals surface area (Å²) in [5.74, 6) is -0.232. The molecule has 0 aliphatic heterocycles. The summed E-state index contributed by atoms with van der Waals surface area (Å²) in [5.41, 5.74) is 0. The molecule has 0 rings (SSSR count). The molecule has 0 N–H and O–H groups in total. The molecule has 3 heteroatoms. The topological polar surface area (TPSA) is 35.5 Å². The van der Waals surface area contributed by atoms with Crippen LogP contribution in [0.1, 0.15) is 97.3 Å². The molecule has 0 aliphatic rings. The van der Waals surface area contributed by atoms with Gasteiger partial charge in [-0.25, -0.2) is 0 Å². The number of carbonyl (C=O) groups is 1. The SMILES string of the molecule is CCCCCCCCCCCCCCCOCCOC(C)=O. The molecule has 0 aromatic rings. The average molecular weight is 315 g/mol. The lowest BCUT2D eigenvalue weighted by molar-refractivity contribution is -0.142. The summed E-state index contributed by atoms with van der Waals surface area (Å²) in [4.78, 5) is 10.5. The van der Waals surface area contributed by atoms with Crippen molar-refractivity contribution in [2.45, 2.75) is 97.3 Å². The number of hydrogen-bond acceptors (Lipinski definition) is 3. The number of carbonyl (C=O) groups excluding carboxylic acids is 1. The second-order valence-corrected chi connectivity index (χ2v) is 6.20. The van der Waals surface area contributed by atoms with Crippen LogP contribution in [0, 0.1) is 0 Å². The third-order valence-electron chi connectivity index (χ3n) is 3.93. The highest BCUT2D eigenvalue weighted by Crippen LogP contribution is 2.12. The molecule has 132 valence electrons. The Bertz CT molecular complexity index is 229. The number of esters is 1. The first kappa shape index (κ1) is 21.4. The third kappa shape index (κ3) is 19.4. The number of ether oxygens (including phenoxy) is 2. The smallest absolute Gasteiger partial charge is 0.302 e. The van der Waals surface area contributed by atoms with Gasteiger partial charge >= 0.3 is 5.97 Å². The van der Waals surface area contributed by atoms with E-state index >= 15 is 0 Å². The van der Waals surface area contributed by atoms with Crippen molar-refractivity contribution >= 4 is 5.97 Å². The lowest BCUT2D eigenvalue weighted by Crippen LogP contribution is -2.08. The van der Waals surface area contributed by atoms with Crippen molar-refractivity contribution in [3.8, 4) is 0 Å². The van der Waals surface area contributed by atoms with Crippen LogP contribution in [0.15, 0.2) is 0 Å². The minimum absolute atomic E-state index is 0.232. The van der Waals surface area contributed by atoms with Gasteiger partial charge in [0.25, 0.3) is 0 Å². The summed E-state index contributed by atoms with van der Waals surface area (Å²) in [5, 5.41) is 0. The zero-order valence-electron chi connectivity index (χ0n) is 15.0. The Morgan fingerprint density at radius 3 is 1.55 bits per heavy atom. The van der Waals surface area contributed by atoms with Gasteiger partial charge in [-0.05, 0) is 6.42 Å². The maximum atomic E-state index is 10.5. The average Bonchev–Trinajstić information content (AvgIpc) is 2.50. The van der Waals surface area contributed by atoms with Crippen LogP contribution in [0.3, 0.4) is 0 Å². The van der Waals surface area contributed by atoms with Crippen LogP contribution in [0.5, 0.6) is 0 Å². The van der Waals surface area contributed by atoms with Gasteiger partial charge < -0.3 is 9.47 Å². The predicted molar refractivity (Wildman–Crippen MR) is 93.1 cm³/mol. The van der Waals surface area contributed by atoms with E-state index in [1.165, 1.54) is 84.0 Å².